The molecule has 4 nitrogen and oxygen atoms in total. The van der Waals surface area contributed by atoms with E-state index in [1.165, 1.54) is 11.1 Å². The van der Waals surface area contributed by atoms with Crippen LogP contribution in [0.1, 0.15) is 60.5 Å². The highest BCUT2D eigenvalue weighted by Gasteiger charge is 2.31. The summed E-state index contributed by atoms with van der Waals surface area (Å²) in [5.41, 5.74) is 4.06. The summed E-state index contributed by atoms with van der Waals surface area (Å²) in [4.78, 5) is 29.8. The number of aldehydes is 1. The molecule has 4 heteroatoms. The number of benzene rings is 1. The van der Waals surface area contributed by atoms with Crippen molar-refractivity contribution in [1.29, 1.82) is 0 Å². The lowest BCUT2D eigenvalue weighted by Crippen LogP contribution is -2.35. The smallest absolute Gasteiger partial charge is 0.256 e. The fourth-order valence-electron chi connectivity index (χ4n) is 3.58. The van der Waals surface area contributed by atoms with Crippen molar-refractivity contribution in [2.24, 2.45) is 4.99 Å². The minimum Gasteiger partial charge on any atom is -0.331 e. The summed E-state index contributed by atoms with van der Waals surface area (Å²) in [5.74, 6) is 0.127. The number of aryl methyl sites for hydroxylation is 2. The summed E-state index contributed by atoms with van der Waals surface area (Å²) >= 11 is 0. The fourth-order valence-corrected chi connectivity index (χ4v) is 3.58. The molecule has 0 aromatic heterocycles. The van der Waals surface area contributed by atoms with Crippen LogP contribution in [0.15, 0.2) is 17.1 Å². The van der Waals surface area contributed by atoms with E-state index in [0.717, 1.165) is 62.6 Å². The van der Waals surface area contributed by atoms with Crippen LogP contribution in [0.5, 0.6) is 0 Å². The maximum Gasteiger partial charge on any atom is 0.256 e. The van der Waals surface area contributed by atoms with Crippen LogP contribution in [-0.2, 0) is 17.6 Å². The van der Waals surface area contributed by atoms with Crippen molar-refractivity contribution in [3.63, 3.8) is 0 Å². The normalized spacial score (nSPS) is 19.4. The minimum absolute atomic E-state index is 0.127. The van der Waals surface area contributed by atoms with Gasteiger partial charge in [-0.05, 0) is 61.8 Å². The van der Waals surface area contributed by atoms with E-state index in [-0.39, 0.29) is 11.9 Å². The van der Waals surface area contributed by atoms with E-state index in [4.69, 9.17) is 0 Å². The number of carbonyl (C=O) groups excluding carboxylic acids is 2. The molecule has 23 heavy (non-hydrogen) atoms. The third-order valence-corrected chi connectivity index (χ3v) is 4.89. The molecule has 0 N–H and O–H groups in total. The zero-order valence-corrected chi connectivity index (χ0v) is 13.8. The Hall–Kier alpha value is -1.97. The molecule has 0 aliphatic carbocycles. The van der Waals surface area contributed by atoms with Gasteiger partial charge in [-0.3, -0.25) is 9.79 Å². The van der Waals surface area contributed by atoms with Gasteiger partial charge in [0.25, 0.3) is 5.91 Å². The molecule has 1 atom stereocenters. The average molecular weight is 312 g/mol. The number of aliphatic imine (C=N–C) groups is 1. The third-order valence-electron chi connectivity index (χ3n) is 4.89. The summed E-state index contributed by atoms with van der Waals surface area (Å²) in [6.07, 6.45) is 9.40. The quantitative estimate of drug-likeness (QED) is 0.596. The SMILES string of the molecule is CCc1cc2c(cc1CCCCC=O)N=CC1CCCN1C2=O. The molecule has 1 amide bonds. The van der Waals surface area contributed by atoms with Crippen molar-refractivity contribution in [2.75, 3.05) is 6.54 Å². The maximum atomic E-state index is 12.8. The molecule has 122 valence electrons. The predicted octanol–water partition coefficient (Wildman–Crippen LogP) is 3.48. The van der Waals surface area contributed by atoms with Crippen LogP contribution in [-0.4, -0.2) is 35.9 Å². The van der Waals surface area contributed by atoms with Crippen molar-refractivity contribution in [2.45, 2.75) is 57.9 Å². The Morgan fingerprint density at radius 3 is 2.96 bits per heavy atom. The van der Waals surface area contributed by atoms with Gasteiger partial charge in [0.2, 0.25) is 0 Å². The highest BCUT2D eigenvalue weighted by atomic mass is 16.2. The van der Waals surface area contributed by atoms with E-state index in [2.05, 4.69) is 18.0 Å². The maximum absolute atomic E-state index is 12.8. The topological polar surface area (TPSA) is 49.7 Å². The molecule has 0 saturated carbocycles. The van der Waals surface area contributed by atoms with E-state index in [0.29, 0.717) is 6.42 Å². The molecule has 0 radical (unpaired) electrons. The first-order valence-corrected chi connectivity index (χ1v) is 8.69. The van der Waals surface area contributed by atoms with Gasteiger partial charge in [0, 0.05) is 19.2 Å². The number of nitrogens with zero attached hydrogens (tertiary/aromatic N) is 2. The molecule has 1 aromatic carbocycles. The lowest BCUT2D eigenvalue weighted by Gasteiger charge is -2.20. The molecule has 0 spiro atoms. The molecule has 1 unspecified atom stereocenters. The summed E-state index contributed by atoms with van der Waals surface area (Å²) in [5, 5.41) is 0. The molecule has 2 aliphatic heterocycles. The van der Waals surface area contributed by atoms with Gasteiger partial charge < -0.3 is 9.69 Å². The van der Waals surface area contributed by atoms with E-state index in [9.17, 15) is 9.59 Å². The van der Waals surface area contributed by atoms with Gasteiger partial charge in [0.05, 0.1) is 17.3 Å². The number of unbranched alkanes of at least 4 members (excludes halogenated alkanes) is 2. The largest absolute Gasteiger partial charge is 0.331 e. The summed E-state index contributed by atoms with van der Waals surface area (Å²) in [7, 11) is 0. The second kappa shape index (κ2) is 7.07. The van der Waals surface area contributed by atoms with Crippen LogP contribution >= 0.6 is 0 Å². The molecule has 2 aliphatic rings. The van der Waals surface area contributed by atoms with Crippen LogP contribution in [0.25, 0.3) is 0 Å². The van der Waals surface area contributed by atoms with Crippen molar-refractivity contribution < 1.29 is 9.59 Å². The Kier molecular flexibility index (Phi) is 4.89. The second-order valence-corrected chi connectivity index (χ2v) is 6.39. The van der Waals surface area contributed by atoms with Crippen LogP contribution in [0.4, 0.5) is 5.69 Å². The summed E-state index contributed by atoms with van der Waals surface area (Å²) < 4.78 is 0. The lowest BCUT2D eigenvalue weighted by molar-refractivity contribution is -0.107. The van der Waals surface area contributed by atoms with Gasteiger partial charge in [-0.15, -0.1) is 0 Å². The van der Waals surface area contributed by atoms with E-state index in [1.54, 1.807) is 0 Å². The van der Waals surface area contributed by atoms with Gasteiger partial charge in [0.15, 0.2) is 0 Å². The Labute approximate surface area is 137 Å². The summed E-state index contributed by atoms with van der Waals surface area (Å²) in [6, 6.07) is 4.30. The average Bonchev–Trinajstić information content (AvgIpc) is 3.00. The molecule has 3 rings (SSSR count). The Balaban J connectivity index is 1.89. The highest BCUT2D eigenvalue weighted by Crippen LogP contribution is 2.32. The Morgan fingerprint density at radius 1 is 1.30 bits per heavy atom. The van der Waals surface area contributed by atoms with Gasteiger partial charge >= 0.3 is 0 Å². The minimum atomic E-state index is 0.127. The van der Waals surface area contributed by atoms with Crippen LogP contribution < -0.4 is 0 Å². The zero-order valence-electron chi connectivity index (χ0n) is 13.8. The first-order chi connectivity index (χ1) is 11.2. The van der Waals surface area contributed by atoms with E-state index < -0.39 is 0 Å². The number of rotatable bonds is 6. The number of hydrogen-bond donors (Lipinski definition) is 0. The van der Waals surface area contributed by atoms with Crippen molar-refractivity contribution >= 4 is 24.1 Å². The number of hydrogen-bond acceptors (Lipinski definition) is 3. The molecule has 0 bridgehead atoms. The predicted molar refractivity (Wildman–Crippen MR) is 91.6 cm³/mol. The highest BCUT2D eigenvalue weighted by molar-refractivity contribution is 6.03. The Bertz CT molecular complexity index is 637. The molecule has 1 fully saturated rings. The van der Waals surface area contributed by atoms with Crippen molar-refractivity contribution in [1.82, 2.24) is 4.90 Å². The number of amides is 1. The van der Waals surface area contributed by atoms with Crippen LogP contribution in [0.2, 0.25) is 0 Å². The van der Waals surface area contributed by atoms with Gasteiger partial charge in [-0.1, -0.05) is 6.92 Å². The van der Waals surface area contributed by atoms with Gasteiger partial charge in [-0.2, -0.15) is 0 Å². The summed E-state index contributed by atoms with van der Waals surface area (Å²) in [6.45, 7) is 2.96. The number of carbonyl (C=O) groups is 2. The van der Waals surface area contributed by atoms with Crippen LogP contribution in [0, 0.1) is 0 Å². The molecular formula is C19H24N2O2. The van der Waals surface area contributed by atoms with Gasteiger partial charge in [-0.25, -0.2) is 0 Å². The monoisotopic (exact) mass is 312 g/mol. The van der Waals surface area contributed by atoms with Crippen molar-refractivity contribution in [3.8, 4) is 0 Å². The fraction of sp³-hybridized carbons (Fsp3) is 0.526. The first-order valence-electron chi connectivity index (χ1n) is 8.69. The standard InChI is InChI=1S/C19H24N2O2/c1-2-14-11-17-18(12-15(14)7-4-3-5-10-22)20-13-16-8-6-9-21(16)19(17)23/h10-13,16H,2-9H2,1H3. The molecule has 1 aromatic rings. The first kappa shape index (κ1) is 15.9. The molecule has 1 saturated heterocycles. The lowest BCUT2D eigenvalue weighted by atomic mass is 9.95. The van der Waals surface area contributed by atoms with E-state index in [1.807, 2.05) is 17.2 Å². The number of fused-ring (bicyclic) bond motifs is 2. The molecular weight excluding hydrogens is 288 g/mol. The third kappa shape index (κ3) is 3.21. The van der Waals surface area contributed by atoms with E-state index >= 15 is 0 Å². The zero-order chi connectivity index (χ0) is 16.2. The second-order valence-electron chi connectivity index (χ2n) is 6.39. The van der Waals surface area contributed by atoms with Crippen LogP contribution in [0.3, 0.4) is 0 Å². The van der Waals surface area contributed by atoms with Gasteiger partial charge in [0.1, 0.15) is 6.29 Å². The Morgan fingerprint density at radius 2 is 2.17 bits per heavy atom. The van der Waals surface area contributed by atoms with Crippen molar-refractivity contribution in [3.05, 3.63) is 28.8 Å². The molecule has 2 heterocycles.